The van der Waals surface area contributed by atoms with Crippen LogP contribution in [-0.4, -0.2) is 19.2 Å². The predicted octanol–water partition coefficient (Wildman–Crippen LogP) is 4.96. The quantitative estimate of drug-likeness (QED) is 0.641. The summed E-state index contributed by atoms with van der Waals surface area (Å²) in [6, 6.07) is 15.7. The van der Waals surface area contributed by atoms with Crippen LogP contribution in [-0.2, 0) is 0 Å². The van der Waals surface area contributed by atoms with Crippen LogP contribution >= 0.6 is 15.9 Å². The molecular weight excluding hydrogens is 406 g/mol. The lowest BCUT2D eigenvalue weighted by Crippen LogP contribution is -2.04. The molecule has 27 heavy (non-hydrogen) atoms. The molecule has 1 aromatic heterocycles. The molecule has 0 bridgehead atoms. The van der Waals surface area contributed by atoms with Crippen LogP contribution in [0.25, 0.3) is 22.3 Å². The summed E-state index contributed by atoms with van der Waals surface area (Å²) in [4.78, 5) is 4.40. The van der Waals surface area contributed by atoms with Gasteiger partial charge in [-0.3, -0.25) is 0 Å². The minimum atomic E-state index is 0.200. The fourth-order valence-electron chi connectivity index (χ4n) is 3.11. The van der Waals surface area contributed by atoms with Crippen LogP contribution < -0.4 is 15.2 Å². The molecule has 2 aromatic carbocycles. The lowest BCUT2D eigenvalue weighted by molar-refractivity contribution is 0.355. The second kappa shape index (κ2) is 7.68. The van der Waals surface area contributed by atoms with Gasteiger partial charge >= 0.3 is 0 Å². The Balaban J connectivity index is 2.44. The molecule has 0 radical (unpaired) electrons. The van der Waals surface area contributed by atoms with Crippen molar-refractivity contribution in [3.8, 4) is 39.8 Å². The first-order valence-electron chi connectivity index (χ1n) is 8.19. The maximum Gasteiger partial charge on any atom is 0.161 e. The van der Waals surface area contributed by atoms with Gasteiger partial charge in [-0.1, -0.05) is 46.3 Å². The summed E-state index contributed by atoms with van der Waals surface area (Å²) < 4.78 is 11.6. The number of nitrogens with two attached hydrogens (primary N) is 1. The summed E-state index contributed by atoms with van der Waals surface area (Å²) in [5.74, 6) is 1.35. The zero-order valence-corrected chi connectivity index (χ0v) is 16.8. The third kappa shape index (κ3) is 3.34. The van der Waals surface area contributed by atoms with Gasteiger partial charge in [0.15, 0.2) is 11.5 Å². The average Bonchev–Trinajstić information content (AvgIpc) is 2.68. The summed E-state index contributed by atoms with van der Waals surface area (Å²) in [6.45, 7) is 1.89. The third-order valence-corrected chi connectivity index (χ3v) is 4.98. The van der Waals surface area contributed by atoms with E-state index in [4.69, 9.17) is 15.2 Å². The summed E-state index contributed by atoms with van der Waals surface area (Å²) in [7, 11) is 3.15. The Morgan fingerprint density at radius 1 is 1.04 bits per heavy atom. The van der Waals surface area contributed by atoms with Crippen LogP contribution in [0.5, 0.6) is 11.5 Å². The number of ether oxygens (including phenoxy) is 2. The first-order valence-corrected chi connectivity index (χ1v) is 8.98. The molecule has 6 heteroatoms. The number of nitrogens with zero attached hydrogens (tertiary/aromatic N) is 2. The number of benzene rings is 2. The van der Waals surface area contributed by atoms with Crippen LogP contribution in [0.2, 0.25) is 0 Å². The van der Waals surface area contributed by atoms with Gasteiger partial charge in [0.2, 0.25) is 0 Å². The molecule has 0 saturated carbocycles. The van der Waals surface area contributed by atoms with Crippen molar-refractivity contribution in [3.63, 3.8) is 0 Å². The van der Waals surface area contributed by atoms with Gasteiger partial charge in [-0.2, -0.15) is 5.26 Å². The van der Waals surface area contributed by atoms with Crippen molar-refractivity contribution in [2.75, 3.05) is 20.0 Å². The maximum atomic E-state index is 9.80. The Morgan fingerprint density at radius 2 is 1.67 bits per heavy atom. The number of hydrogen-bond acceptors (Lipinski definition) is 5. The number of pyridine rings is 1. The van der Waals surface area contributed by atoms with Crippen molar-refractivity contribution >= 4 is 21.7 Å². The highest BCUT2D eigenvalue weighted by Gasteiger charge is 2.22. The van der Waals surface area contributed by atoms with E-state index in [1.54, 1.807) is 14.2 Å². The van der Waals surface area contributed by atoms with E-state index in [0.29, 0.717) is 22.6 Å². The number of nitriles is 1. The molecule has 0 amide bonds. The highest BCUT2D eigenvalue weighted by molar-refractivity contribution is 9.10. The molecule has 0 saturated heterocycles. The SMILES string of the molecule is COc1cc(Br)c(-c2c(C#N)c(N)nc(C)c2-c2ccccc2)cc1OC. The predicted molar refractivity (Wildman–Crippen MR) is 110 cm³/mol. The van der Waals surface area contributed by atoms with Crippen LogP contribution in [0.1, 0.15) is 11.3 Å². The van der Waals surface area contributed by atoms with Crippen molar-refractivity contribution in [1.82, 2.24) is 4.98 Å². The smallest absolute Gasteiger partial charge is 0.161 e. The molecular formula is C21H18BrN3O2. The van der Waals surface area contributed by atoms with Crippen LogP contribution in [0.15, 0.2) is 46.9 Å². The highest BCUT2D eigenvalue weighted by Crippen LogP contribution is 2.45. The van der Waals surface area contributed by atoms with E-state index in [1.165, 1.54) is 0 Å². The number of rotatable bonds is 4. The Labute approximate surface area is 166 Å². The maximum absolute atomic E-state index is 9.80. The number of aryl methyl sites for hydroxylation is 1. The normalized spacial score (nSPS) is 10.3. The van der Waals surface area contributed by atoms with Gasteiger partial charge in [0.1, 0.15) is 17.5 Å². The van der Waals surface area contributed by atoms with Crippen molar-refractivity contribution in [2.45, 2.75) is 6.92 Å². The molecule has 0 aliphatic carbocycles. The standard InChI is InChI=1S/C21H18BrN3O2/c1-12-19(13-7-5-4-6-8-13)20(15(11-23)21(24)25-12)14-9-17(26-2)18(27-3)10-16(14)22/h4-10H,1-3H3,(H2,24,25). The Kier molecular flexibility index (Phi) is 5.33. The second-order valence-corrected chi connectivity index (χ2v) is 6.73. The molecule has 0 spiro atoms. The van der Waals surface area contributed by atoms with E-state index in [-0.39, 0.29) is 5.82 Å². The molecule has 5 nitrogen and oxygen atoms in total. The number of aromatic nitrogens is 1. The number of nitrogen functional groups attached to an aromatic ring is 1. The van der Waals surface area contributed by atoms with Gasteiger partial charge < -0.3 is 15.2 Å². The molecule has 0 aliphatic rings. The van der Waals surface area contributed by atoms with Crippen LogP contribution in [0.4, 0.5) is 5.82 Å². The summed E-state index contributed by atoms with van der Waals surface area (Å²) in [6.07, 6.45) is 0. The minimum Gasteiger partial charge on any atom is -0.493 e. The number of hydrogen-bond donors (Lipinski definition) is 1. The molecule has 136 valence electrons. The monoisotopic (exact) mass is 423 g/mol. The van der Waals surface area contributed by atoms with Gasteiger partial charge in [0.05, 0.1) is 14.2 Å². The minimum absolute atomic E-state index is 0.200. The molecule has 3 aromatic rings. The Bertz CT molecular complexity index is 1040. The zero-order valence-electron chi connectivity index (χ0n) is 15.2. The molecule has 0 aliphatic heterocycles. The van der Waals surface area contributed by atoms with Crippen molar-refractivity contribution < 1.29 is 9.47 Å². The van der Waals surface area contributed by atoms with Gasteiger partial charge in [-0.15, -0.1) is 0 Å². The number of anilines is 1. The summed E-state index contributed by atoms with van der Waals surface area (Å²) >= 11 is 3.60. The number of halogens is 1. The average molecular weight is 424 g/mol. The lowest BCUT2D eigenvalue weighted by atomic mass is 9.90. The molecule has 3 rings (SSSR count). The Hall–Kier alpha value is -3.04. The van der Waals surface area contributed by atoms with Crippen LogP contribution in [0.3, 0.4) is 0 Å². The molecule has 1 heterocycles. The topological polar surface area (TPSA) is 81.2 Å². The zero-order chi connectivity index (χ0) is 19.6. The first kappa shape index (κ1) is 18.7. The Morgan fingerprint density at radius 3 is 2.26 bits per heavy atom. The first-order chi connectivity index (χ1) is 13.0. The summed E-state index contributed by atoms with van der Waals surface area (Å²) in [5.41, 5.74) is 10.5. The van der Waals surface area contributed by atoms with Crippen LogP contribution in [0, 0.1) is 18.3 Å². The van der Waals surface area contributed by atoms with Crippen molar-refractivity contribution in [1.29, 1.82) is 5.26 Å². The fraction of sp³-hybridized carbons (Fsp3) is 0.143. The van der Waals surface area contributed by atoms with E-state index in [2.05, 4.69) is 27.0 Å². The van der Waals surface area contributed by atoms with Gasteiger partial charge in [0.25, 0.3) is 0 Å². The van der Waals surface area contributed by atoms with Gasteiger partial charge in [-0.25, -0.2) is 4.98 Å². The van der Waals surface area contributed by atoms with E-state index in [0.717, 1.165) is 26.9 Å². The lowest BCUT2D eigenvalue weighted by Gasteiger charge is -2.19. The van der Waals surface area contributed by atoms with E-state index in [9.17, 15) is 5.26 Å². The second-order valence-electron chi connectivity index (χ2n) is 5.87. The molecule has 0 atom stereocenters. The molecule has 0 fully saturated rings. The van der Waals surface area contributed by atoms with Crippen molar-refractivity contribution in [2.24, 2.45) is 0 Å². The van der Waals surface area contributed by atoms with Gasteiger partial charge in [-0.05, 0) is 24.6 Å². The van der Waals surface area contributed by atoms with E-state index >= 15 is 0 Å². The fourth-order valence-corrected chi connectivity index (χ4v) is 3.63. The van der Waals surface area contributed by atoms with E-state index in [1.807, 2.05) is 49.4 Å². The van der Waals surface area contributed by atoms with E-state index < -0.39 is 0 Å². The largest absolute Gasteiger partial charge is 0.493 e. The van der Waals surface area contributed by atoms with Crippen molar-refractivity contribution in [3.05, 3.63) is 58.2 Å². The summed E-state index contributed by atoms with van der Waals surface area (Å²) in [5, 5.41) is 9.80. The molecule has 2 N–H and O–H groups in total. The van der Waals surface area contributed by atoms with Gasteiger partial charge in [0, 0.05) is 26.9 Å². The molecule has 0 unspecified atom stereocenters. The number of methoxy groups -OCH3 is 2. The third-order valence-electron chi connectivity index (χ3n) is 4.32. The highest BCUT2D eigenvalue weighted by atomic mass is 79.9.